The second kappa shape index (κ2) is 4.01. The van der Waals surface area contributed by atoms with Gasteiger partial charge in [0, 0.05) is 18.3 Å². The molecule has 1 aromatic carbocycles. The van der Waals surface area contributed by atoms with Crippen LogP contribution in [0.4, 0.5) is 5.69 Å². The average Bonchev–Trinajstić information content (AvgIpc) is 2.06. The van der Waals surface area contributed by atoms with Gasteiger partial charge in [-0.15, -0.1) is 0 Å². The third kappa shape index (κ3) is 2.07. The maximum absolute atomic E-state index is 5.64. The summed E-state index contributed by atoms with van der Waals surface area (Å²) in [6.07, 6.45) is 4.13. The van der Waals surface area contributed by atoms with Gasteiger partial charge in [-0.1, -0.05) is 18.6 Å². The maximum Gasteiger partial charge on any atom is 0.0314 e. The summed E-state index contributed by atoms with van der Waals surface area (Å²) in [6, 6.07) is 9.00. The van der Waals surface area contributed by atoms with Crippen LogP contribution in [0.25, 0.3) is 0 Å². The molecule has 0 radical (unpaired) electrons. The minimum absolute atomic E-state index is 0.813. The van der Waals surface area contributed by atoms with Crippen LogP contribution in [0.15, 0.2) is 24.3 Å². The number of benzene rings is 1. The fourth-order valence-electron chi connectivity index (χ4n) is 1.87. The van der Waals surface area contributed by atoms with Gasteiger partial charge in [0.2, 0.25) is 0 Å². The second-order valence-corrected chi connectivity index (χ2v) is 4.24. The molecule has 0 aromatic heterocycles. The van der Waals surface area contributed by atoms with Crippen LogP contribution in [0.2, 0.25) is 0 Å². The summed E-state index contributed by atoms with van der Waals surface area (Å²) in [5, 5.41) is 0. The van der Waals surface area contributed by atoms with Gasteiger partial charge in [-0.05, 0) is 37.6 Å². The molecule has 0 saturated heterocycles. The van der Waals surface area contributed by atoms with Gasteiger partial charge < -0.3 is 5.73 Å². The summed E-state index contributed by atoms with van der Waals surface area (Å²) in [6.45, 7) is 1.05. The number of hydrogen-bond donors (Lipinski definition) is 1. The fraction of sp³-hybridized carbons (Fsp3) is 0.500. The van der Waals surface area contributed by atoms with Gasteiger partial charge in [0.1, 0.15) is 0 Å². The van der Waals surface area contributed by atoms with Crippen LogP contribution in [0.1, 0.15) is 24.8 Å². The number of anilines is 1. The van der Waals surface area contributed by atoms with Crippen molar-refractivity contribution in [1.82, 2.24) is 4.90 Å². The molecule has 0 heterocycles. The minimum Gasteiger partial charge on any atom is -0.399 e. The van der Waals surface area contributed by atoms with E-state index in [4.69, 9.17) is 5.73 Å². The number of rotatable bonds is 3. The smallest absolute Gasteiger partial charge is 0.0314 e. The van der Waals surface area contributed by atoms with Gasteiger partial charge in [-0.2, -0.15) is 0 Å². The summed E-state index contributed by atoms with van der Waals surface area (Å²) >= 11 is 0. The Morgan fingerprint density at radius 3 is 2.43 bits per heavy atom. The molecule has 1 aliphatic rings. The Labute approximate surface area is 85.7 Å². The van der Waals surface area contributed by atoms with Crippen molar-refractivity contribution in [1.29, 1.82) is 0 Å². The molecule has 14 heavy (non-hydrogen) atoms. The fourth-order valence-corrected chi connectivity index (χ4v) is 1.87. The van der Waals surface area contributed by atoms with Gasteiger partial charge in [-0.3, -0.25) is 4.90 Å². The lowest BCUT2D eigenvalue weighted by molar-refractivity contribution is 0.152. The van der Waals surface area contributed by atoms with E-state index >= 15 is 0 Å². The van der Waals surface area contributed by atoms with E-state index in [1.165, 1.54) is 24.8 Å². The molecule has 1 fully saturated rings. The Hall–Kier alpha value is -1.02. The van der Waals surface area contributed by atoms with Gasteiger partial charge in [0.05, 0.1) is 0 Å². The lowest BCUT2D eigenvalue weighted by atomic mass is 9.91. The van der Waals surface area contributed by atoms with Gasteiger partial charge >= 0.3 is 0 Å². The normalized spacial score (nSPS) is 17.0. The molecule has 0 aliphatic heterocycles. The standard InChI is InChI=1S/C12H18N2/c1-14(12-3-2-4-12)9-10-5-7-11(13)8-6-10/h5-8,12H,2-4,9,13H2,1H3. The van der Waals surface area contributed by atoms with E-state index in [1.54, 1.807) is 0 Å². The van der Waals surface area contributed by atoms with Crippen molar-refractivity contribution in [2.24, 2.45) is 0 Å². The number of nitrogens with zero attached hydrogens (tertiary/aromatic N) is 1. The van der Waals surface area contributed by atoms with E-state index in [0.717, 1.165) is 18.3 Å². The third-order valence-electron chi connectivity index (χ3n) is 3.11. The molecule has 2 N–H and O–H groups in total. The maximum atomic E-state index is 5.64. The van der Waals surface area contributed by atoms with Crippen molar-refractivity contribution in [3.8, 4) is 0 Å². The molecular formula is C12H18N2. The van der Waals surface area contributed by atoms with Crippen molar-refractivity contribution in [3.05, 3.63) is 29.8 Å². The molecule has 2 rings (SSSR count). The van der Waals surface area contributed by atoms with Crippen LogP contribution in [0.5, 0.6) is 0 Å². The van der Waals surface area contributed by atoms with E-state index in [2.05, 4.69) is 24.1 Å². The first-order chi connectivity index (χ1) is 6.75. The quantitative estimate of drug-likeness (QED) is 0.741. The largest absolute Gasteiger partial charge is 0.399 e. The molecule has 0 amide bonds. The first-order valence-electron chi connectivity index (χ1n) is 5.30. The molecular weight excluding hydrogens is 172 g/mol. The summed E-state index contributed by atoms with van der Waals surface area (Å²) in [4.78, 5) is 2.44. The van der Waals surface area contributed by atoms with Crippen molar-refractivity contribution in [2.45, 2.75) is 31.8 Å². The molecule has 1 aromatic rings. The van der Waals surface area contributed by atoms with Crippen molar-refractivity contribution in [3.63, 3.8) is 0 Å². The van der Waals surface area contributed by atoms with E-state index in [0.29, 0.717) is 0 Å². The zero-order valence-corrected chi connectivity index (χ0v) is 8.74. The highest BCUT2D eigenvalue weighted by molar-refractivity contribution is 5.39. The van der Waals surface area contributed by atoms with Gasteiger partial charge in [-0.25, -0.2) is 0 Å². The van der Waals surface area contributed by atoms with E-state index < -0.39 is 0 Å². The summed E-state index contributed by atoms with van der Waals surface area (Å²) in [5.74, 6) is 0. The molecule has 1 saturated carbocycles. The van der Waals surface area contributed by atoms with Crippen LogP contribution in [0.3, 0.4) is 0 Å². The van der Waals surface area contributed by atoms with E-state index in [9.17, 15) is 0 Å². The summed E-state index contributed by atoms with van der Waals surface area (Å²) in [5.41, 5.74) is 7.84. The first kappa shape index (κ1) is 9.53. The predicted octanol–water partition coefficient (Wildman–Crippen LogP) is 2.25. The Morgan fingerprint density at radius 2 is 1.93 bits per heavy atom. The zero-order chi connectivity index (χ0) is 9.97. The lowest BCUT2D eigenvalue weighted by Crippen LogP contribution is -2.36. The Morgan fingerprint density at radius 1 is 1.29 bits per heavy atom. The van der Waals surface area contributed by atoms with Crippen LogP contribution in [0, 0.1) is 0 Å². The molecule has 76 valence electrons. The molecule has 2 heteroatoms. The SMILES string of the molecule is CN(Cc1ccc(N)cc1)C1CCC1. The summed E-state index contributed by atoms with van der Waals surface area (Å²) in [7, 11) is 2.21. The highest BCUT2D eigenvalue weighted by Crippen LogP contribution is 2.24. The first-order valence-corrected chi connectivity index (χ1v) is 5.30. The number of nitrogen functional groups attached to an aromatic ring is 1. The average molecular weight is 190 g/mol. The number of hydrogen-bond acceptors (Lipinski definition) is 2. The summed E-state index contributed by atoms with van der Waals surface area (Å²) < 4.78 is 0. The number of nitrogens with two attached hydrogens (primary N) is 1. The molecule has 0 bridgehead atoms. The Bertz CT molecular complexity index is 288. The van der Waals surface area contributed by atoms with Crippen LogP contribution >= 0.6 is 0 Å². The zero-order valence-electron chi connectivity index (χ0n) is 8.74. The van der Waals surface area contributed by atoms with Crippen LogP contribution in [-0.4, -0.2) is 18.0 Å². The van der Waals surface area contributed by atoms with Crippen LogP contribution < -0.4 is 5.73 Å². The Balaban J connectivity index is 1.92. The molecule has 2 nitrogen and oxygen atoms in total. The van der Waals surface area contributed by atoms with Crippen LogP contribution in [-0.2, 0) is 6.54 Å². The minimum atomic E-state index is 0.813. The molecule has 0 atom stereocenters. The van der Waals surface area contributed by atoms with Gasteiger partial charge in [0.25, 0.3) is 0 Å². The third-order valence-corrected chi connectivity index (χ3v) is 3.11. The topological polar surface area (TPSA) is 29.3 Å². The monoisotopic (exact) mass is 190 g/mol. The second-order valence-electron chi connectivity index (χ2n) is 4.24. The highest BCUT2D eigenvalue weighted by Gasteiger charge is 2.21. The molecule has 1 aliphatic carbocycles. The predicted molar refractivity (Wildman–Crippen MR) is 60.0 cm³/mol. The Kier molecular flexibility index (Phi) is 2.73. The van der Waals surface area contributed by atoms with E-state index in [-0.39, 0.29) is 0 Å². The highest BCUT2D eigenvalue weighted by atomic mass is 15.1. The van der Waals surface area contributed by atoms with Crippen molar-refractivity contribution < 1.29 is 0 Å². The molecule has 0 unspecified atom stereocenters. The lowest BCUT2D eigenvalue weighted by Gasteiger charge is -2.34. The van der Waals surface area contributed by atoms with Crippen molar-refractivity contribution >= 4 is 5.69 Å². The van der Waals surface area contributed by atoms with Gasteiger partial charge in [0.15, 0.2) is 0 Å². The van der Waals surface area contributed by atoms with Crippen molar-refractivity contribution in [2.75, 3.05) is 12.8 Å². The van der Waals surface area contributed by atoms with E-state index in [1.807, 2.05) is 12.1 Å². The molecule has 0 spiro atoms.